The van der Waals surface area contributed by atoms with Crippen LogP contribution in [0.2, 0.25) is 0 Å². The highest BCUT2D eigenvalue weighted by Gasteiger charge is 2.28. The van der Waals surface area contributed by atoms with Gasteiger partial charge in [0.25, 0.3) is 0 Å². The van der Waals surface area contributed by atoms with Gasteiger partial charge in [-0.05, 0) is 11.8 Å². The van der Waals surface area contributed by atoms with E-state index in [0.29, 0.717) is 22.9 Å². The summed E-state index contributed by atoms with van der Waals surface area (Å²) in [6.45, 7) is 7.78. The molecule has 1 heterocycles. The van der Waals surface area contributed by atoms with Gasteiger partial charge in [0, 0.05) is 0 Å². The van der Waals surface area contributed by atoms with E-state index in [1.165, 1.54) is 14.2 Å². The number of aromatic nitrogens is 1. The van der Waals surface area contributed by atoms with Gasteiger partial charge < -0.3 is 24.2 Å². The highest BCUT2D eigenvalue weighted by Crippen LogP contribution is 2.44. The fourth-order valence-corrected chi connectivity index (χ4v) is 2.03. The summed E-state index contributed by atoms with van der Waals surface area (Å²) in [5.74, 6) is 1.14. The highest BCUT2D eigenvalue weighted by molar-refractivity contribution is 6.34. The molecule has 7 heteroatoms. The maximum absolute atomic E-state index is 9.14. The number of ether oxygens (including phenoxy) is 2. The van der Waals surface area contributed by atoms with E-state index in [9.17, 15) is 0 Å². The molecule has 0 bridgehead atoms. The Labute approximate surface area is 119 Å². The Morgan fingerprint density at radius 2 is 1.55 bits per heavy atom. The van der Waals surface area contributed by atoms with Crippen molar-refractivity contribution in [3.8, 4) is 17.4 Å². The van der Waals surface area contributed by atoms with Gasteiger partial charge in [-0.3, -0.25) is 0 Å². The summed E-state index contributed by atoms with van der Waals surface area (Å²) in [7, 11) is 1.08. The second kappa shape index (κ2) is 6.81. The van der Waals surface area contributed by atoms with Gasteiger partial charge in [-0.2, -0.15) is 0 Å². The van der Waals surface area contributed by atoms with Crippen molar-refractivity contribution >= 4 is 7.32 Å². The molecule has 0 amide bonds. The van der Waals surface area contributed by atoms with Crippen LogP contribution in [0.1, 0.15) is 50.8 Å². The largest absolute Gasteiger partial charge is 0.707 e. The molecule has 1 aromatic rings. The first-order chi connectivity index (χ1) is 9.33. The van der Waals surface area contributed by atoms with Gasteiger partial charge in [-0.25, -0.2) is 4.98 Å². The quantitative estimate of drug-likeness (QED) is 0.773. The molecule has 6 nitrogen and oxygen atoms in total. The van der Waals surface area contributed by atoms with Gasteiger partial charge in [0.05, 0.1) is 25.5 Å². The maximum Gasteiger partial charge on any atom is 0.707 e. The average Bonchev–Trinajstić information content (AvgIpc) is 2.35. The Balaban J connectivity index is 3.64. The Morgan fingerprint density at radius 1 is 0.950 bits per heavy atom. The zero-order valence-corrected chi connectivity index (χ0v) is 12.8. The molecule has 0 radical (unpaired) electrons. The van der Waals surface area contributed by atoms with Crippen LogP contribution in [-0.4, -0.2) is 36.6 Å². The van der Waals surface area contributed by atoms with E-state index in [4.69, 9.17) is 24.2 Å². The molecule has 0 aromatic carbocycles. The van der Waals surface area contributed by atoms with Crippen molar-refractivity contribution in [2.45, 2.75) is 39.5 Å². The number of hydrogen-bond acceptors (Lipinski definition) is 6. The molecular weight excluding hydrogens is 261 g/mol. The van der Waals surface area contributed by atoms with E-state index in [1.807, 2.05) is 27.7 Å². The van der Waals surface area contributed by atoms with E-state index in [1.54, 1.807) is 0 Å². The van der Waals surface area contributed by atoms with Crippen LogP contribution in [0.5, 0.6) is 17.4 Å². The molecule has 0 aliphatic carbocycles. The van der Waals surface area contributed by atoms with Gasteiger partial charge in [0.2, 0.25) is 5.88 Å². The highest BCUT2D eigenvalue weighted by atomic mass is 16.6. The van der Waals surface area contributed by atoms with Crippen molar-refractivity contribution in [3.63, 3.8) is 0 Å². The van der Waals surface area contributed by atoms with Crippen LogP contribution in [0.25, 0.3) is 0 Å². The second-order valence-corrected chi connectivity index (χ2v) is 5.04. The summed E-state index contributed by atoms with van der Waals surface area (Å²) >= 11 is 0. The van der Waals surface area contributed by atoms with Crippen LogP contribution in [0.4, 0.5) is 0 Å². The first kappa shape index (κ1) is 16.6. The van der Waals surface area contributed by atoms with Crippen LogP contribution in [-0.2, 0) is 0 Å². The van der Waals surface area contributed by atoms with Gasteiger partial charge in [0.15, 0.2) is 11.5 Å². The van der Waals surface area contributed by atoms with E-state index in [0.717, 1.165) is 0 Å². The number of nitrogens with zero attached hydrogens (tertiary/aromatic N) is 1. The normalized spacial score (nSPS) is 10.9. The maximum atomic E-state index is 9.14. The third kappa shape index (κ3) is 3.35. The first-order valence-corrected chi connectivity index (χ1v) is 6.51. The molecule has 2 N–H and O–H groups in total. The predicted octanol–water partition coefficient (Wildman–Crippen LogP) is 1.69. The average molecular weight is 283 g/mol. The zero-order chi connectivity index (χ0) is 15.4. The molecule has 1 aromatic heterocycles. The summed E-state index contributed by atoms with van der Waals surface area (Å²) in [4.78, 5) is 4.46. The van der Waals surface area contributed by atoms with Gasteiger partial charge in [-0.1, -0.05) is 27.7 Å². The first-order valence-electron chi connectivity index (χ1n) is 6.51. The van der Waals surface area contributed by atoms with Crippen molar-refractivity contribution in [3.05, 3.63) is 11.3 Å². The van der Waals surface area contributed by atoms with Gasteiger partial charge >= 0.3 is 7.32 Å². The second-order valence-electron chi connectivity index (χ2n) is 5.04. The van der Waals surface area contributed by atoms with Crippen LogP contribution in [0.3, 0.4) is 0 Å². The van der Waals surface area contributed by atoms with Crippen molar-refractivity contribution in [1.82, 2.24) is 4.98 Å². The molecule has 1 rings (SSSR count). The fraction of sp³-hybridized carbons (Fsp3) is 0.615. The smallest absolute Gasteiger partial charge is 0.509 e. The number of rotatable bonds is 6. The topological polar surface area (TPSA) is 81.0 Å². The summed E-state index contributed by atoms with van der Waals surface area (Å²) < 4.78 is 15.8. The van der Waals surface area contributed by atoms with Gasteiger partial charge in [0.1, 0.15) is 0 Å². The lowest BCUT2D eigenvalue weighted by atomic mass is 9.99. The van der Waals surface area contributed by atoms with Crippen molar-refractivity contribution in [2.24, 2.45) is 0 Å². The monoisotopic (exact) mass is 283 g/mol. The molecule has 112 valence electrons. The number of pyridine rings is 1. The number of methoxy groups -OCH3 is 2. The van der Waals surface area contributed by atoms with Crippen molar-refractivity contribution in [2.75, 3.05) is 14.2 Å². The van der Waals surface area contributed by atoms with E-state index < -0.39 is 7.32 Å². The molecule has 0 atom stereocenters. The lowest BCUT2D eigenvalue weighted by Crippen LogP contribution is -2.23. The Hall–Kier alpha value is -1.47. The number of hydrogen-bond donors (Lipinski definition) is 2. The molecular formula is C13H22BNO5. The molecule has 0 aliphatic heterocycles. The van der Waals surface area contributed by atoms with Gasteiger partial charge in [-0.15, -0.1) is 0 Å². The van der Waals surface area contributed by atoms with E-state index in [-0.39, 0.29) is 17.6 Å². The minimum absolute atomic E-state index is 0.0151. The van der Waals surface area contributed by atoms with E-state index in [2.05, 4.69) is 4.98 Å². The van der Waals surface area contributed by atoms with Crippen LogP contribution in [0, 0.1) is 0 Å². The molecule has 0 saturated heterocycles. The summed E-state index contributed by atoms with van der Waals surface area (Å²) in [5.41, 5.74) is 1.28. The van der Waals surface area contributed by atoms with Crippen LogP contribution < -0.4 is 14.1 Å². The molecule has 20 heavy (non-hydrogen) atoms. The SMILES string of the molecule is COc1nc(C(C)C)c(OC)c(OB(O)O)c1C(C)C. The Morgan fingerprint density at radius 3 is 1.90 bits per heavy atom. The molecule has 0 saturated carbocycles. The lowest BCUT2D eigenvalue weighted by molar-refractivity contribution is 0.273. The third-order valence-corrected chi connectivity index (χ3v) is 2.88. The Kier molecular flexibility index (Phi) is 5.65. The van der Waals surface area contributed by atoms with Crippen LogP contribution >= 0.6 is 0 Å². The van der Waals surface area contributed by atoms with E-state index >= 15 is 0 Å². The minimum Gasteiger partial charge on any atom is -0.509 e. The summed E-state index contributed by atoms with van der Waals surface area (Å²) in [6, 6.07) is 0. The minimum atomic E-state index is -1.94. The molecule has 0 aliphatic rings. The summed E-state index contributed by atoms with van der Waals surface area (Å²) in [5, 5.41) is 18.3. The standard InChI is InChI=1S/C13H22BNO5/c1-7(2)9-11(20-14(16)17)12(18-5)10(8(3)4)15-13(9)19-6/h7-8,16-17H,1-6H3. The molecule has 0 fully saturated rings. The molecule has 0 unspecified atom stereocenters. The third-order valence-electron chi connectivity index (χ3n) is 2.88. The van der Waals surface area contributed by atoms with Crippen LogP contribution in [0.15, 0.2) is 0 Å². The van der Waals surface area contributed by atoms with Crippen molar-refractivity contribution in [1.29, 1.82) is 0 Å². The predicted molar refractivity (Wildman–Crippen MR) is 76.3 cm³/mol. The van der Waals surface area contributed by atoms with Crippen molar-refractivity contribution < 1.29 is 24.2 Å². The fourth-order valence-electron chi connectivity index (χ4n) is 2.03. The summed E-state index contributed by atoms with van der Waals surface area (Å²) in [6.07, 6.45) is 0. The lowest BCUT2D eigenvalue weighted by Gasteiger charge is -2.22. The zero-order valence-electron chi connectivity index (χ0n) is 12.8. The molecule has 0 spiro atoms. The Bertz CT molecular complexity index is 463.